The molecule has 0 unspecified atom stereocenters. The van der Waals surface area contributed by atoms with Crippen molar-refractivity contribution < 1.29 is 4.42 Å². The Morgan fingerprint density at radius 3 is 2.68 bits per heavy atom. The van der Waals surface area contributed by atoms with Crippen LogP contribution in [0.25, 0.3) is 0 Å². The highest BCUT2D eigenvalue weighted by molar-refractivity contribution is 5.20. The second-order valence-corrected chi connectivity index (χ2v) is 5.68. The molecule has 0 radical (unpaired) electrons. The molecule has 1 N–H and O–H groups in total. The molecule has 1 aromatic rings. The fourth-order valence-corrected chi connectivity index (χ4v) is 3.17. The van der Waals surface area contributed by atoms with Gasteiger partial charge in [0.25, 0.3) is 0 Å². The van der Waals surface area contributed by atoms with E-state index in [1.54, 1.807) is 0 Å². The Morgan fingerprint density at radius 2 is 2.05 bits per heavy atom. The van der Waals surface area contributed by atoms with Gasteiger partial charge in [-0.3, -0.25) is 4.90 Å². The summed E-state index contributed by atoms with van der Waals surface area (Å²) in [5.74, 6) is 2.13. The molecule has 0 bridgehead atoms. The lowest BCUT2D eigenvalue weighted by molar-refractivity contribution is 0.155. The summed E-state index contributed by atoms with van der Waals surface area (Å²) < 4.78 is 5.80. The van der Waals surface area contributed by atoms with Crippen LogP contribution >= 0.6 is 0 Å². The largest absolute Gasteiger partial charge is 0.465 e. The van der Waals surface area contributed by atoms with E-state index in [1.165, 1.54) is 37.7 Å². The molecule has 2 rings (SSSR count). The molecular weight excluding hydrogens is 236 g/mol. The number of furan rings is 1. The Hall–Kier alpha value is -0.800. The van der Waals surface area contributed by atoms with E-state index in [4.69, 9.17) is 4.42 Å². The van der Waals surface area contributed by atoms with E-state index in [0.717, 1.165) is 37.2 Å². The molecule has 1 aliphatic rings. The zero-order valence-electron chi connectivity index (χ0n) is 12.7. The van der Waals surface area contributed by atoms with E-state index in [9.17, 15) is 0 Å². The van der Waals surface area contributed by atoms with Crippen LogP contribution in [0.4, 0.5) is 0 Å². The highest BCUT2D eigenvalue weighted by Crippen LogP contribution is 2.25. The number of aryl methyl sites for hydroxylation is 1. The van der Waals surface area contributed by atoms with Crippen LogP contribution in [0, 0.1) is 6.92 Å². The minimum Gasteiger partial charge on any atom is -0.465 e. The normalized spacial score (nSPS) is 17.3. The third-order valence-electron chi connectivity index (χ3n) is 4.29. The monoisotopic (exact) mass is 264 g/mol. The molecule has 0 spiro atoms. The number of hydrogen-bond donors (Lipinski definition) is 1. The smallest absolute Gasteiger partial charge is 0.118 e. The molecule has 0 aliphatic heterocycles. The van der Waals surface area contributed by atoms with Crippen LogP contribution < -0.4 is 5.32 Å². The maximum Gasteiger partial charge on any atom is 0.118 e. The van der Waals surface area contributed by atoms with Crippen molar-refractivity contribution in [3.05, 3.63) is 23.2 Å². The van der Waals surface area contributed by atoms with Crippen molar-refractivity contribution in [1.82, 2.24) is 10.2 Å². The minimum atomic E-state index is 0.779. The summed E-state index contributed by atoms with van der Waals surface area (Å²) >= 11 is 0. The summed E-state index contributed by atoms with van der Waals surface area (Å²) in [4.78, 5) is 2.63. The number of rotatable bonds is 6. The molecule has 1 aliphatic carbocycles. The SMILES string of the molecule is CCN(Cc1cc(CNC)oc1C)C1CCCCC1. The van der Waals surface area contributed by atoms with Gasteiger partial charge >= 0.3 is 0 Å². The van der Waals surface area contributed by atoms with E-state index >= 15 is 0 Å². The fourth-order valence-electron chi connectivity index (χ4n) is 3.17. The van der Waals surface area contributed by atoms with Crippen LogP contribution in [0.3, 0.4) is 0 Å². The first-order valence-electron chi connectivity index (χ1n) is 7.71. The maximum absolute atomic E-state index is 5.80. The van der Waals surface area contributed by atoms with E-state index in [0.29, 0.717) is 0 Å². The third kappa shape index (κ3) is 3.83. The molecule has 0 atom stereocenters. The van der Waals surface area contributed by atoms with Crippen LogP contribution in [0.5, 0.6) is 0 Å². The molecule has 19 heavy (non-hydrogen) atoms. The first-order chi connectivity index (χ1) is 9.24. The minimum absolute atomic E-state index is 0.779. The summed E-state index contributed by atoms with van der Waals surface area (Å²) in [5.41, 5.74) is 1.36. The highest BCUT2D eigenvalue weighted by Gasteiger charge is 2.21. The highest BCUT2D eigenvalue weighted by atomic mass is 16.3. The Balaban J connectivity index is 2.00. The van der Waals surface area contributed by atoms with E-state index in [1.807, 2.05) is 7.05 Å². The van der Waals surface area contributed by atoms with Crippen LogP contribution in [-0.2, 0) is 13.1 Å². The lowest BCUT2D eigenvalue weighted by Gasteiger charge is -2.33. The van der Waals surface area contributed by atoms with Gasteiger partial charge in [0.15, 0.2) is 0 Å². The Bertz CT molecular complexity index is 380. The van der Waals surface area contributed by atoms with Gasteiger partial charge in [-0.05, 0) is 39.4 Å². The van der Waals surface area contributed by atoms with Gasteiger partial charge in [0.1, 0.15) is 11.5 Å². The standard InChI is InChI=1S/C16H28N2O/c1-4-18(15-8-6-5-7-9-15)12-14-10-16(11-17-3)19-13(14)2/h10,15,17H,4-9,11-12H2,1-3H3. The van der Waals surface area contributed by atoms with Gasteiger partial charge in [-0.1, -0.05) is 26.2 Å². The lowest BCUT2D eigenvalue weighted by Crippen LogP contribution is -2.36. The summed E-state index contributed by atoms with van der Waals surface area (Å²) in [5, 5.41) is 3.15. The quantitative estimate of drug-likeness (QED) is 0.853. The Kier molecular flexibility index (Phi) is 5.46. The summed E-state index contributed by atoms with van der Waals surface area (Å²) in [6, 6.07) is 3.00. The maximum atomic E-state index is 5.80. The van der Waals surface area contributed by atoms with Gasteiger partial charge in [-0.2, -0.15) is 0 Å². The van der Waals surface area contributed by atoms with Crippen LogP contribution in [0.2, 0.25) is 0 Å². The molecule has 0 amide bonds. The number of nitrogens with zero attached hydrogens (tertiary/aromatic N) is 1. The molecule has 1 heterocycles. The van der Waals surface area contributed by atoms with Gasteiger partial charge in [0.05, 0.1) is 6.54 Å². The van der Waals surface area contributed by atoms with Crippen LogP contribution in [-0.4, -0.2) is 24.5 Å². The van der Waals surface area contributed by atoms with Crippen molar-refractivity contribution in [3.8, 4) is 0 Å². The van der Waals surface area contributed by atoms with Crippen molar-refractivity contribution in [2.24, 2.45) is 0 Å². The summed E-state index contributed by atoms with van der Waals surface area (Å²) in [6.07, 6.45) is 6.96. The average Bonchev–Trinajstić information content (AvgIpc) is 2.77. The van der Waals surface area contributed by atoms with Crippen molar-refractivity contribution in [3.63, 3.8) is 0 Å². The van der Waals surface area contributed by atoms with E-state index < -0.39 is 0 Å². The topological polar surface area (TPSA) is 28.4 Å². The first kappa shape index (κ1) is 14.6. The number of hydrogen-bond acceptors (Lipinski definition) is 3. The lowest BCUT2D eigenvalue weighted by atomic mass is 9.94. The molecule has 1 saturated carbocycles. The van der Waals surface area contributed by atoms with Gasteiger partial charge in [-0.15, -0.1) is 0 Å². The second kappa shape index (κ2) is 7.11. The molecular formula is C16H28N2O. The fraction of sp³-hybridized carbons (Fsp3) is 0.750. The van der Waals surface area contributed by atoms with Crippen molar-refractivity contribution in [2.75, 3.05) is 13.6 Å². The van der Waals surface area contributed by atoms with E-state index in [2.05, 4.69) is 30.1 Å². The zero-order valence-corrected chi connectivity index (χ0v) is 12.7. The average molecular weight is 264 g/mol. The number of nitrogens with one attached hydrogen (secondary N) is 1. The predicted octanol–water partition coefficient (Wildman–Crippen LogP) is 3.46. The van der Waals surface area contributed by atoms with Gasteiger partial charge in [0, 0.05) is 18.2 Å². The first-order valence-corrected chi connectivity index (χ1v) is 7.71. The van der Waals surface area contributed by atoms with Crippen molar-refractivity contribution in [2.45, 2.75) is 65.1 Å². The molecule has 108 valence electrons. The molecule has 3 nitrogen and oxygen atoms in total. The second-order valence-electron chi connectivity index (χ2n) is 5.68. The third-order valence-corrected chi connectivity index (χ3v) is 4.29. The van der Waals surface area contributed by atoms with E-state index in [-0.39, 0.29) is 0 Å². The Labute approximate surface area is 117 Å². The van der Waals surface area contributed by atoms with Gasteiger partial charge < -0.3 is 9.73 Å². The Morgan fingerprint density at radius 1 is 1.32 bits per heavy atom. The van der Waals surface area contributed by atoms with Crippen LogP contribution in [0.15, 0.2) is 10.5 Å². The van der Waals surface area contributed by atoms with Crippen LogP contribution in [0.1, 0.15) is 56.1 Å². The molecule has 0 aromatic carbocycles. The van der Waals surface area contributed by atoms with Gasteiger partial charge in [0.2, 0.25) is 0 Å². The summed E-state index contributed by atoms with van der Waals surface area (Å²) in [7, 11) is 1.96. The zero-order chi connectivity index (χ0) is 13.7. The summed E-state index contributed by atoms with van der Waals surface area (Å²) in [6.45, 7) is 7.36. The van der Waals surface area contributed by atoms with Crippen molar-refractivity contribution >= 4 is 0 Å². The van der Waals surface area contributed by atoms with Gasteiger partial charge in [-0.25, -0.2) is 0 Å². The predicted molar refractivity (Wildman–Crippen MR) is 79.2 cm³/mol. The molecule has 1 aromatic heterocycles. The van der Waals surface area contributed by atoms with Crippen molar-refractivity contribution in [1.29, 1.82) is 0 Å². The molecule has 3 heteroatoms. The molecule has 0 saturated heterocycles. The molecule has 1 fully saturated rings.